The van der Waals surface area contributed by atoms with Crippen LogP contribution in [-0.2, 0) is 23.5 Å². The average Bonchev–Trinajstić information content (AvgIpc) is 3.51. The molecule has 0 aromatic heterocycles. The molecular formula is C34H52O6Si. The molecule has 6 nitrogen and oxygen atoms in total. The number of cyclic esters (lactones) is 1. The van der Waals surface area contributed by atoms with E-state index in [2.05, 4.69) is 61.6 Å². The van der Waals surface area contributed by atoms with E-state index in [-0.39, 0.29) is 46.2 Å². The fraction of sp³-hybridized carbons (Fsp3) is 0.824. The molecule has 6 rings (SSSR count). The first-order valence-corrected chi connectivity index (χ1v) is 19.0. The van der Waals surface area contributed by atoms with Gasteiger partial charge in [-0.25, -0.2) is 4.79 Å². The van der Waals surface area contributed by atoms with E-state index >= 15 is 0 Å². The van der Waals surface area contributed by atoms with Gasteiger partial charge < -0.3 is 19.0 Å². The number of hydrogen-bond acceptors (Lipinski definition) is 6. The molecule has 2 heterocycles. The van der Waals surface area contributed by atoms with Crippen molar-refractivity contribution in [1.29, 1.82) is 0 Å². The topological polar surface area (TPSA) is 85.4 Å². The molecule has 0 aromatic rings. The number of carbonyl (C=O) groups excluding carboxylic acids is 2. The second-order valence-corrected chi connectivity index (χ2v) is 21.2. The van der Waals surface area contributed by atoms with Crippen LogP contribution in [0.4, 0.5) is 0 Å². The van der Waals surface area contributed by atoms with Crippen LogP contribution in [-0.4, -0.2) is 55.7 Å². The second-order valence-electron chi connectivity index (χ2n) is 16.4. The summed E-state index contributed by atoms with van der Waals surface area (Å²) in [5.41, 5.74) is 0.610. The molecule has 4 aliphatic carbocycles. The van der Waals surface area contributed by atoms with Gasteiger partial charge in [-0.15, -0.1) is 0 Å². The Kier molecular flexibility index (Phi) is 6.80. The van der Waals surface area contributed by atoms with E-state index in [1.807, 2.05) is 0 Å². The molecule has 1 spiro atoms. The van der Waals surface area contributed by atoms with E-state index in [1.165, 1.54) is 0 Å². The number of carbonyl (C=O) groups is 2. The smallest absolute Gasteiger partial charge is 0.336 e. The zero-order chi connectivity index (χ0) is 29.9. The normalized spacial score (nSPS) is 46.3. The number of hydrogen-bond donors (Lipinski definition) is 1. The minimum atomic E-state index is -1.97. The zero-order valence-corrected chi connectivity index (χ0v) is 27.7. The van der Waals surface area contributed by atoms with E-state index in [0.29, 0.717) is 29.9 Å². The van der Waals surface area contributed by atoms with Crippen molar-refractivity contribution >= 4 is 20.1 Å². The Morgan fingerprint density at radius 3 is 2.51 bits per heavy atom. The molecule has 0 aromatic carbocycles. The van der Waals surface area contributed by atoms with E-state index in [1.54, 1.807) is 12.2 Å². The molecule has 1 saturated heterocycles. The maximum atomic E-state index is 13.4. The van der Waals surface area contributed by atoms with Crippen LogP contribution in [0, 0.1) is 40.4 Å². The number of aliphatic hydroxyl groups excluding tert-OH is 1. The largest absolute Gasteiger partial charge is 0.458 e. The van der Waals surface area contributed by atoms with Crippen molar-refractivity contribution in [1.82, 2.24) is 0 Å². The Bertz CT molecular complexity index is 1200. The number of aliphatic hydroxyl groups is 1. The number of ether oxygens (including phenoxy) is 2. The lowest BCUT2D eigenvalue weighted by atomic mass is 9.44. The third-order valence-corrected chi connectivity index (χ3v) is 18.3. The summed E-state index contributed by atoms with van der Waals surface area (Å²) in [7, 11) is -1.97. The van der Waals surface area contributed by atoms with Crippen LogP contribution in [0.2, 0.25) is 18.1 Å². The fourth-order valence-electron chi connectivity index (χ4n) is 10.1. The van der Waals surface area contributed by atoms with Gasteiger partial charge in [-0.2, -0.15) is 0 Å². The minimum Gasteiger partial charge on any atom is -0.458 e. The summed E-state index contributed by atoms with van der Waals surface area (Å²) in [6, 6.07) is 0. The molecule has 0 bridgehead atoms. The molecule has 4 fully saturated rings. The number of allylic oxidation sites excluding steroid dienone is 1. The lowest BCUT2D eigenvalue weighted by Crippen LogP contribution is -2.63. The highest BCUT2D eigenvalue weighted by molar-refractivity contribution is 6.74. The quantitative estimate of drug-likeness (QED) is 0.229. The zero-order valence-electron chi connectivity index (χ0n) is 26.7. The van der Waals surface area contributed by atoms with Crippen LogP contribution < -0.4 is 0 Å². The van der Waals surface area contributed by atoms with Gasteiger partial charge in [-0.3, -0.25) is 4.79 Å². The molecule has 228 valence electrons. The lowest BCUT2D eigenvalue weighted by Gasteiger charge is -2.58. The second kappa shape index (κ2) is 9.36. The van der Waals surface area contributed by atoms with Crippen molar-refractivity contribution in [3.8, 4) is 0 Å². The maximum absolute atomic E-state index is 13.4. The molecule has 7 heteroatoms. The number of epoxide rings is 1. The van der Waals surface area contributed by atoms with Gasteiger partial charge in [-0.1, -0.05) is 40.2 Å². The Hall–Kier alpha value is -1.28. The molecule has 11 atom stereocenters. The van der Waals surface area contributed by atoms with Crippen molar-refractivity contribution in [2.24, 2.45) is 40.4 Å². The molecule has 6 aliphatic rings. The number of esters is 1. The van der Waals surface area contributed by atoms with Crippen LogP contribution in [0.3, 0.4) is 0 Å². The first kappa shape index (κ1) is 29.8. The van der Waals surface area contributed by atoms with E-state index in [0.717, 1.165) is 44.1 Å². The van der Waals surface area contributed by atoms with Crippen LogP contribution in [0.25, 0.3) is 0 Å². The average molecular weight is 585 g/mol. The summed E-state index contributed by atoms with van der Waals surface area (Å²) in [6.07, 6.45) is 8.48. The Morgan fingerprint density at radius 1 is 1.15 bits per heavy atom. The molecule has 3 saturated carbocycles. The third-order valence-electron chi connectivity index (χ3n) is 13.8. The Morgan fingerprint density at radius 2 is 1.85 bits per heavy atom. The van der Waals surface area contributed by atoms with Gasteiger partial charge in [-0.05, 0) is 111 Å². The molecule has 0 radical (unpaired) electrons. The summed E-state index contributed by atoms with van der Waals surface area (Å²) in [4.78, 5) is 26.7. The Labute approximate surface area is 247 Å². The first-order valence-electron chi connectivity index (χ1n) is 16.1. The van der Waals surface area contributed by atoms with Crippen LogP contribution >= 0.6 is 0 Å². The molecule has 1 N–H and O–H groups in total. The Balaban J connectivity index is 1.18. The van der Waals surface area contributed by atoms with E-state index in [4.69, 9.17) is 13.9 Å². The van der Waals surface area contributed by atoms with Crippen molar-refractivity contribution in [3.63, 3.8) is 0 Å². The predicted molar refractivity (Wildman–Crippen MR) is 161 cm³/mol. The van der Waals surface area contributed by atoms with Crippen molar-refractivity contribution < 1.29 is 28.6 Å². The summed E-state index contributed by atoms with van der Waals surface area (Å²) < 4.78 is 18.9. The van der Waals surface area contributed by atoms with E-state index < -0.39 is 25.4 Å². The lowest BCUT2D eigenvalue weighted by molar-refractivity contribution is -0.155. The van der Waals surface area contributed by atoms with Crippen LogP contribution in [0.5, 0.6) is 0 Å². The standard InChI is InChI=1S/C34H52O6Si/c1-19-16-26(39-30(37)22(19)18-38-41(8,9)31(3,4)5)20(2)23-10-11-24-21-17-29-34(40-29)28(36)13-12-27(35)33(34,7)25(21)14-15-32(23,24)6/h12-13,20-21,23-26,28-29,36H,10-11,14-18H2,1-9H3/t20-,21?,23+,24?,25?,26+,28-,29+,32+,33-,34+/m0/s1. The molecule has 0 amide bonds. The monoisotopic (exact) mass is 584 g/mol. The van der Waals surface area contributed by atoms with E-state index in [9.17, 15) is 14.7 Å². The number of ketones is 1. The summed E-state index contributed by atoms with van der Waals surface area (Å²) in [5.74, 6) is 1.85. The third kappa shape index (κ3) is 4.04. The van der Waals surface area contributed by atoms with Crippen molar-refractivity contribution in [2.75, 3.05) is 6.61 Å². The van der Waals surface area contributed by atoms with Gasteiger partial charge in [0.1, 0.15) is 17.8 Å². The van der Waals surface area contributed by atoms with Crippen LogP contribution in [0.1, 0.15) is 87.0 Å². The summed E-state index contributed by atoms with van der Waals surface area (Å²) >= 11 is 0. The SMILES string of the molecule is CC1=C(CO[Si](C)(C)C(C)(C)C)C(=O)O[C@@H]([C@@H](C)[C@H]2CCC3C4C[C@H]5O[C@]56[C@@H](O)C=CC(=O)[C@]6(C)C4CC[C@@]32C)C1. The van der Waals surface area contributed by atoms with Gasteiger partial charge >= 0.3 is 5.97 Å². The summed E-state index contributed by atoms with van der Waals surface area (Å²) in [6.45, 7) is 20.4. The van der Waals surface area contributed by atoms with Crippen molar-refractivity contribution in [2.45, 2.75) is 129 Å². The fourth-order valence-corrected chi connectivity index (χ4v) is 11.1. The predicted octanol–water partition coefficient (Wildman–Crippen LogP) is 6.38. The van der Waals surface area contributed by atoms with Gasteiger partial charge in [0.05, 0.1) is 23.7 Å². The van der Waals surface area contributed by atoms with Gasteiger partial charge in [0.25, 0.3) is 0 Å². The maximum Gasteiger partial charge on any atom is 0.336 e. The van der Waals surface area contributed by atoms with Gasteiger partial charge in [0.15, 0.2) is 14.1 Å². The van der Waals surface area contributed by atoms with Gasteiger partial charge in [0.2, 0.25) is 0 Å². The molecule has 41 heavy (non-hydrogen) atoms. The van der Waals surface area contributed by atoms with Crippen molar-refractivity contribution in [3.05, 3.63) is 23.3 Å². The molecular weight excluding hydrogens is 532 g/mol. The number of fused-ring (bicyclic) bond motifs is 4. The molecule has 3 unspecified atom stereocenters. The minimum absolute atomic E-state index is 0.0319. The highest BCUT2D eigenvalue weighted by Gasteiger charge is 2.80. The number of rotatable bonds is 5. The highest BCUT2D eigenvalue weighted by Crippen LogP contribution is 2.73. The van der Waals surface area contributed by atoms with Crippen LogP contribution in [0.15, 0.2) is 23.3 Å². The summed E-state index contributed by atoms with van der Waals surface area (Å²) in [5, 5.41) is 11.0. The first-order chi connectivity index (χ1) is 19.0. The highest BCUT2D eigenvalue weighted by atomic mass is 28.4. The van der Waals surface area contributed by atoms with Gasteiger partial charge in [0, 0.05) is 6.42 Å². The molecule has 2 aliphatic heterocycles.